The minimum atomic E-state index is -3.86. The summed E-state index contributed by atoms with van der Waals surface area (Å²) >= 11 is 5.77. The summed E-state index contributed by atoms with van der Waals surface area (Å²) in [5.74, 6) is -1.88. The summed E-state index contributed by atoms with van der Waals surface area (Å²) in [5.41, 5.74) is 0.118. The van der Waals surface area contributed by atoms with Crippen molar-refractivity contribution in [2.24, 2.45) is 0 Å². The number of rotatable bonds is 6. The molecule has 0 aliphatic heterocycles. The molecule has 2 N–H and O–H groups in total. The SMILES string of the molecule is O=C(Cc1[nH]ccc1S(=O)(=O)c1ccc(Cl)cc1)C(=O)c1ncn[nH]1. The highest BCUT2D eigenvalue weighted by Crippen LogP contribution is 2.25. The first-order valence-electron chi connectivity index (χ1n) is 6.99. The van der Waals surface area contributed by atoms with E-state index in [9.17, 15) is 18.0 Å². The van der Waals surface area contributed by atoms with Crippen molar-refractivity contribution in [1.29, 1.82) is 0 Å². The van der Waals surface area contributed by atoms with Gasteiger partial charge in [-0.05, 0) is 30.3 Å². The lowest BCUT2D eigenvalue weighted by atomic mass is 10.1. The Morgan fingerprint density at radius 2 is 1.84 bits per heavy atom. The van der Waals surface area contributed by atoms with Gasteiger partial charge in [0.15, 0.2) is 5.82 Å². The molecule has 0 aliphatic rings. The first-order chi connectivity index (χ1) is 11.9. The van der Waals surface area contributed by atoms with E-state index in [0.717, 1.165) is 6.33 Å². The molecule has 0 amide bonds. The molecule has 1 aromatic carbocycles. The molecule has 0 saturated carbocycles. The molecule has 8 nitrogen and oxygen atoms in total. The summed E-state index contributed by atoms with van der Waals surface area (Å²) in [7, 11) is -3.86. The number of H-pyrrole nitrogens is 2. The molecule has 0 unspecified atom stereocenters. The number of aromatic amines is 2. The van der Waals surface area contributed by atoms with Crippen molar-refractivity contribution in [2.45, 2.75) is 16.2 Å². The van der Waals surface area contributed by atoms with Crippen molar-refractivity contribution in [3.8, 4) is 0 Å². The average Bonchev–Trinajstić information content (AvgIpc) is 3.26. The van der Waals surface area contributed by atoms with Crippen molar-refractivity contribution < 1.29 is 18.0 Å². The molecule has 3 aromatic rings. The van der Waals surface area contributed by atoms with Gasteiger partial charge in [0.25, 0.3) is 5.78 Å². The maximum absolute atomic E-state index is 12.7. The summed E-state index contributed by atoms with van der Waals surface area (Å²) in [6.07, 6.45) is 2.09. The normalized spacial score (nSPS) is 11.4. The number of halogens is 1. The van der Waals surface area contributed by atoms with Gasteiger partial charge in [-0.2, -0.15) is 5.10 Å². The number of nitrogens with zero attached hydrogens (tertiary/aromatic N) is 2. The van der Waals surface area contributed by atoms with Crippen LogP contribution in [-0.4, -0.2) is 40.1 Å². The Balaban J connectivity index is 1.89. The van der Waals surface area contributed by atoms with Crippen LogP contribution >= 0.6 is 11.6 Å². The molecule has 0 fully saturated rings. The number of benzene rings is 1. The van der Waals surface area contributed by atoms with Crippen LogP contribution in [0.4, 0.5) is 0 Å². The second-order valence-corrected chi connectivity index (χ2v) is 7.40. The highest BCUT2D eigenvalue weighted by Gasteiger charge is 2.26. The molecule has 128 valence electrons. The Kier molecular flexibility index (Phi) is 4.51. The second kappa shape index (κ2) is 6.61. The lowest BCUT2D eigenvalue weighted by Crippen LogP contribution is -2.19. The monoisotopic (exact) mass is 378 g/mol. The van der Waals surface area contributed by atoms with E-state index in [2.05, 4.69) is 20.2 Å². The van der Waals surface area contributed by atoms with Crippen molar-refractivity contribution in [3.63, 3.8) is 0 Å². The molecule has 2 heterocycles. The van der Waals surface area contributed by atoms with E-state index >= 15 is 0 Å². The number of sulfone groups is 1. The molecular weight excluding hydrogens is 368 g/mol. The van der Waals surface area contributed by atoms with E-state index in [-0.39, 0.29) is 21.3 Å². The van der Waals surface area contributed by atoms with Gasteiger partial charge in [0, 0.05) is 16.9 Å². The smallest absolute Gasteiger partial charge is 0.265 e. The van der Waals surface area contributed by atoms with Crippen LogP contribution in [0.5, 0.6) is 0 Å². The van der Waals surface area contributed by atoms with Crippen molar-refractivity contribution >= 4 is 33.0 Å². The van der Waals surface area contributed by atoms with Crippen molar-refractivity contribution in [2.75, 3.05) is 0 Å². The molecule has 0 aliphatic carbocycles. The first-order valence-corrected chi connectivity index (χ1v) is 8.85. The summed E-state index contributed by atoms with van der Waals surface area (Å²) in [5, 5.41) is 6.21. The third kappa shape index (κ3) is 3.37. The van der Waals surface area contributed by atoms with Gasteiger partial charge in [0.2, 0.25) is 15.6 Å². The third-order valence-corrected chi connectivity index (χ3v) is 5.53. The topological polar surface area (TPSA) is 126 Å². The molecule has 0 atom stereocenters. The fourth-order valence-electron chi connectivity index (χ4n) is 2.21. The number of hydrogen-bond acceptors (Lipinski definition) is 6. The Morgan fingerprint density at radius 1 is 1.12 bits per heavy atom. The standard InChI is InChI=1S/C15H11ClN4O4S/c16-9-1-3-10(4-2-9)25(23,24)13-5-6-17-11(13)7-12(21)14(22)15-18-8-19-20-15/h1-6,8,17H,7H2,(H,18,19,20). The van der Waals surface area contributed by atoms with Crippen LogP contribution in [0, 0.1) is 0 Å². The Morgan fingerprint density at radius 3 is 2.48 bits per heavy atom. The lowest BCUT2D eigenvalue weighted by molar-refractivity contribution is -0.114. The van der Waals surface area contributed by atoms with Crippen LogP contribution in [0.2, 0.25) is 5.02 Å². The first kappa shape index (κ1) is 17.1. The molecule has 10 heteroatoms. The average molecular weight is 379 g/mol. The van der Waals surface area contributed by atoms with Crippen LogP contribution in [0.15, 0.2) is 52.6 Å². The molecule has 25 heavy (non-hydrogen) atoms. The zero-order valence-electron chi connectivity index (χ0n) is 12.6. The van der Waals surface area contributed by atoms with Gasteiger partial charge in [-0.25, -0.2) is 13.4 Å². The summed E-state index contributed by atoms with van der Waals surface area (Å²) < 4.78 is 25.4. The zero-order valence-corrected chi connectivity index (χ0v) is 14.1. The van der Waals surface area contributed by atoms with Gasteiger partial charge in [-0.15, -0.1) is 0 Å². The van der Waals surface area contributed by atoms with E-state index in [1.165, 1.54) is 36.5 Å². The number of Topliss-reactive ketones (excluding diaryl/α,β-unsaturated/α-hetero) is 2. The van der Waals surface area contributed by atoms with Gasteiger partial charge in [0.1, 0.15) is 6.33 Å². The van der Waals surface area contributed by atoms with E-state index in [1.807, 2.05) is 0 Å². The van der Waals surface area contributed by atoms with Gasteiger partial charge >= 0.3 is 0 Å². The van der Waals surface area contributed by atoms with E-state index < -0.39 is 27.8 Å². The minimum absolute atomic E-state index is 0.0340. The highest BCUT2D eigenvalue weighted by atomic mass is 35.5. The van der Waals surface area contributed by atoms with Gasteiger partial charge in [-0.1, -0.05) is 11.6 Å². The maximum atomic E-state index is 12.7. The van der Waals surface area contributed by atoms with E-state index in [0.29, 0.717) is 5.02 Å². The van der Waals surface area contributed by atoms with Gasteiger partial charge in [0.05, 0.1) is 16.2 Å². The third-order valence-electron chi connectivity index (χ3n) is 3.42. The number of nitrogens with one attached hydrogen (secondary N) is 2. The van der Waals surface area contributed by atoms with Crippen LogP contribution in [0.25, 0.3) is 0 Å². The largest absolute Gasteiger partial charge is 0.364 e. The number of aromatic nitrogens is 4. The molecule has 3 rings (SSSR count). The maximum Gasteiger partial charge on any atom is 0.265 e. The van der Waals surface area contributed by atoms with Gasteiger partial charge < -0.3 is 4.98 Å². The Bertz CT molecular complexity index is 1020. The lowest BCUT2D eigenvalue weighted by Gasteiger charge is -2.06. The second-order valence-electron chi connectivity index (χ2n) is 5.04. The van der Waals surface area contributed by atoms with Crippen molar-refractivity contribution in [1.82, 2.24) is 20.2 Å². The number of ketones is 2. The highest BCUT2D eigenvalue weighted by molar-refractivity contribution is 7.91. The van der Waals surface area contributed by atoms with E-state index in [1.54, 1.807) is 0 Å². The number of carbonyl (C=O) groups is 2. The fourth-order valence-corrected chi connectivity index (χ4v) is 3.79. The number of hydrogen-bond donors (Lipinski definition) is 2. The minimum Gasteiger partial charge on any atom is -0.364 e. The molecule has 0 saturated heterocycles. The quantitative estimate of drug-likeness (QED) is 0.495. The Hall–Kier alpha value is -2.78. The predicted molar refractivity (Wildman–Crippen MR) is 87.1 cm³/mol. The zero-order chi connectivity index (χ0) is 18.0. The van der Waals surface area contributed by atoms with Gasteiger partial charge in [-0.3, -0.25) is 14.7 Å². The van der Waals surface area contributed by atoms with Crippen LogP contribution in [0.1, 0.15) is 16.3 Å². The fraction of sp³-hybridized carbons (Fsp3) is 0.0667. The summed E-state index contributed by atoms with van der Waals surface area (Å²) in [6, 6.07) is 7.00. The Labute approximate surface area is 147 Å². The van der Waals surface area contributed by atoms with Crippen LogP contribution in [-0.2, 0) is 21.1 Å². The summed E-state index contributed by atoms with van der Waals surface area (Å²) in [4.78, 5) is 30.3. The molecule has 0 bridgehead atoms. The molecule has 0 radical (unpaired) electrons. The molecule has 2 aromatic heterocycles. The van der Waals surface area contributed by atoms with Crippen molar-refractivity contribution in [3.05, 3.63) is 59.4 Å². The van der Waals surface area contributed by atoms with Crippen LogP contribution < -0.4 is 0 Å². The molecular formula is C15H11ClN4O4S. The van der Waals surface area contributed by atoms with E-state index in [4.69, 9.17) is 11.6 Å². The summed E-state index contributed by atoms with van der Waals surface area (Å²) in [6.45, 7) is 0. The number of carbonyl (C=O) groups excluding carboxylic acids is 2. The predicted octanol–water partition coefficient (Wildman–Crippen LogP) is 1.61. The van der Waals surface area contributed by atoms with Crippen LogP contribution in [0.3, 0.4) is 0 Å². The molecule has 0 spiro atoms.